The number of nitrogens with one attached hydrogen (secondary N) is 4. The molecule has 0 saturated carbocycles. The lowest BCUT2D eigenvalue weighted by molar-refractivity contribution is -0.128. The maximum absolute atomic E-state index is 14.6. The zero-order valence-electron chi connectivity index (χ0n) is 20.1. The van der Waals surface area contributed by atoms with E-state index in [1.54, 1.807) is 42.5 Å². The lowest BCUT2D eigenvalue weighted by Crippen LogP contribution is -2.41. The van der Waals surface area contributed by atoms with Crippen LogP contribution in [0, 0.1) is 5.82 Å². The third kappa shape index (κ3) is 5.21. The number of hydrogen-bond donors (Lipinski definition) is 4. The summed E-state index contributed by atoms with van der Waals surface area (Å²) in [6.45, 7) is 0.619. The van der Waals surface area contributed by atoms with Gasteiger partial charge in [0.2, 0.25) is 5.91 Å². The first-order valence-corrected chi connectivity index (χ1v) is 12.4. The maximum atomic E-state index is 14.6. The fourth-order valence-electron chi connectivity index (χ4n) is 4.70. The number of fused-ring (bicyclic) bond motifs is 2. The molecule has 2 aromatic heterocycles. The molecular weight excluding hydrogens is 493 g/mol. The quantitative estimate of drug-likeness (QED) is 0.300. The van der Waals surface area contributed by atoms with Gasteiger partial charge < -0.3 is 15.5 Å². The monoisotopic (exact) mass is 519 g/mol. The minimum absolute atomic E-state index is 0.0951. The number of hydrogen-bond acceptors (Lipinski definition) is 6. The molecule has 1 aliphatic carbocycles. The molecule has 9 nitrogen and oxygen atoms in total. The Hall–Kier alpha value is -4.12. The number of aryl methyl sites for hydroxylation is 1. The van der Waals surface area contributed by atoms with Gasteiger partial charge in [-0.15, -0.1) is 0 Å². The predicted molar refractivity (Wildman–Crippen MR) is 140 cm³/mol. The molecule has 1 unspecified atom stereocenters. The van der Waals surface area contributed by atoms with Crippen LogP contribution in [-0.4, -0.2) is 51.4 Å². The second-order valence-electron chi connectivity index (χ2n) is 9.05. The second-order valence-corrected chi connectivity index (χ2v) is 9.45. The van der Waals surface area contributed by atoms with Crippen LogP contribution in [0.5, 0.6) is 0 Å². The van der Waals surface area contributed by atoms with Crippen molar-refractivity contribution in [3.05, 3.63) is 88.6 Å². The normalized spacial score (nSPS) is 18.3. The van der Waals surface area contributed by atoms with E-state index in [2.05, 4.69) is 31.5 Å². The Morgan fingerprint density at radius 3 is 2.73 bits per heavy atom. The van der Waals surface area contributed by atoms with E-state index in [0.717, 1.165) is 16.7 Å². The summed E-state index contributed by atoms with van der Waals surface area (Å²) < 4.78 is 14.6. The highest BCUT2D eigenvalue weighted by Gasteiger charge is 2.30. The van der Waals surface area contributed by atoms with Crippen molar-refractivity contribution in [3.63, 3.8) is 0 Å². The molecule has 3 heterocycles. The number of thiocarbonyl (C=S) groups is 1. The minimum atomic E-state index is -0.511. The molecule has 0 radical (unpaired) electrons. The van der Waals surface area contributed by atoms with Gasteiger partial charge in [-0.2, -0.15) is 0 Å². The highest BCUT2D eigenvalue weighted by Crippen LogP contribution is 2.33. The lowest BCUT2D eigenvalue weighted by Gasteiger charge is -2.23. The molecule has 37 heavy (non-hydrogen) atoms. The van der Waals surface area contributed by atoms with Gasteiger partial charge in [-0.1, -0.05) is 12.1 Å². The Labute approximate surface area is 218 Å². The number of amides is 2. The van der Waals surface area contributed by atoms with Gasteiger partial charge in [0.1, 0.15) is 17.7 Å². The Morgan fingerprint density at radius 1 is 1.11 bits per heavy atom. The number of hydrazine groups is 1. The van der Waals surface area contributed by atoms with E-state index < -0.39 is 6.04 Å². The number of carbonyl (C=O) groups is 2. The Bertz CT molecular complexity index is 1350. The first-order chi connectivity index (χ1) is 17.9. The van der Waals surface area contributed by atoms with E-state index in [1.165, 1.54) is 12.3 Å². The van der Waals surface area contributed by atoms with Crippen LogP contribution in [0.15, 0.2) is 55.0 Å². The Kier molecular flexibility index (Phi) is 6.95. The van der Waals surface area contributed by atoms with Crippen molar-refractivity contribution in [3.8, 4) is 0 Å². The van der Waals surface area contributed by atoms with Gasteiger partial charge in [-0.3, -0.25) is 25.4 Å². The molecule has 0 spiro atoms. The summed E-state index contributed by atoms with van der Waals surface area (Å²) in [5.74, 6) is -0.252. The number of rotatable bonds is 5. The number of anilines is 1. The fourth-order valence-corrected chi connectivity index (χ4v) is 4.87. The number of carbonyl (C=O) groups excluding carboxylic acids is 2. The molecule has 4 N–H and O–H groups in total. The molecule has 3 aromatic rings. The topological polar surface area (TPSA) is 111 Å². The Morgan fingerprint density at radius 2 is 1.97 bits per heavy atom. The van der Waals surface area contributed by atoms with Crippen molar-refractivity contribution in [2.45, 2.75) is 31.3 Å². The SMILES string of the molecule is CN1CC[C@@H](NC(=O)c2ccc(NNC(=S)NC3c4cnccc4CCc4c(F)cccc43)nc2)C1=O. The molecular formula is C26H26FN7O2S. The van der Waals surface area contributed by atoms with Crippen molar-refractivity contribution in [1.82, 2.24) is 30.9 Å². The van der Waals surface area contributed by atoms with Gasteiger partial charge >= 0.3 is 0 Å². The average Bonchev–Trinajstić information content (AvgIpc) is 3.13. The Balaban J connectivity index is 1.23. The van der Waals surface area contributed by atoms with Crippen LogP contribution in [0.2, 0.25) is 0 Å². The summed E-state index contributed by atoms with van der Waals surface area (Å²) in [4.78, 5) is 34.6. The van der Waals surface area contributed by atoms with Gasteiger partial charge in [0, 0.05) is 37.7 Å². The van der Waals surface area contributed by atoms with Crippen LogP contribution in [0.3, 0.4) is 0 Å². The standard InChI is InChI=1S/C26H26FN7O2S/c1-34-12-10-21(25(34)36)30-24(35)16-6-8-22(29-13-16)32-33-26(37)31-23-18-3-2-4-20(27)17(18)7-5-15-9-11-28-14-19(15)23/h2-4,6,8-9,11,13-14,21,23H,5,7,10,12H2,1H3,(H,29,32)(H,30,35)(H2,31,33,37)/t21-,23?/m1/s1. The number of benzene rings is 1. The van der Waals surface area contributed by atoms with Crippen molar-refractivity contribution in [1.29, 1.82) is 0 Å². The predicted octanol–water partition coefficient (Wildman–Crippen LogP) is 2.26. The van der Waals surface area contributed by atoms with Crippen LogP contribution < -0.4 is 21.5 Å². The molecule has 1 saturated heterocycles. The zero-order chi connectivity index (χ0) is 25.9. The zero-order valence-corrected chi connectivity index (χ0v) is 20.9. The molecule has 5 rings (SSSR count). The van der Waals surface area contributed by atoms with Crippen LogP contribution >= 0.6 is 12.2 Å². The van der Waals surface area contributed by atoms with E-state index in [0.29, 0.717) is 42.8 Å². The minimum Gasteiger partial charge on any atom is -0.350 e. The average molecular weight is 520 g/mol. The number of likely N-dealkylation sites (N-methyl/N-ethyl adjacent to an activating group) is 1. The molecule has 11 heteroatoms. The molecule has 2 amide bonds. The van der Waals surface area contributed by atoms with E-state index in [-0.39, 0.29) is 28.8 Å². The van der Waals surface area contributed by atoms with Gasteiger partial charge in [0.15, 0.2) is 5.11 Å². The van der Waals surface area contributed by atoms with Crippen molar-refractivity contribution < 1.29 is 14.0 Å². The van der Waals surface area contributed by atoms with E-state index in [9.17, 15) is 14.0 Å². The van der Waals surface area contributed by atoms with Gasteiger partial charge in [0.25, 0.3) is 5.91 Å². The summed E-state index contributed by atoms with van der Waals surface area (Å²) in [6, 6.07) is 9.37. The third-order valence-corrected chi connectivity index (χ3v) is 6.93. The van der Waals surface area contributed by atoms with Crippen LogP contribution in [-0.2, 0) is 17.6 Å². The fraction of sp³-hybridized carbons (Fsp3) is 0.269. The molecule has 0 bridgehead atoms. The highest BCUT2D eigenvalue weighted by molar-refractivity contribution is 7.80. The van der Waals surface area contributed by atoms with E-state index >= 15 is 0 Å². The number of halogens is 1. The van der Waals surface area contributed by atoms with Gasteiger partial charge in [0.05, 0.1) is 11.6 Å². The van der Waals surface area contributed by atoms with Crippen molar-refractivity contribution in [2.75, 3.05) is 19.0 Å². The highest BCUT2D eigenvalue weighted by atomic mass is 32.1. The lowest BCUT2D eigenvalue weighted by atomic mass is 9.96. The molecule has 1 fully saturated rings. The second kappa shape index (κ2) is 10.5. The smallest absolute Gasteiger partial charge is 0.253 e. The van der Waals surface area contributed by atoms with Crippen molar-refractivity contribution >= 4 is 35.0 Å². The van der Waals surface area contributed by atoms with Crippen LogP contribution in [0.4, 0.5) is 10.2 Å². The van der Waals surface area contributed by atoms with Crippen molar-refractivity contribution in [2.24, 2.45) is 0 Å². The number of aromatic nitrogens is 2. The summed E-state index contributed by atoms with van der Waals surface area (Å²) in [5.41, 5.74) is 9.66. The summed E-state index contributed by atoms with van der Waals surface area (Å²) in [6.07, 6.45) is 6.82. The molecule has 2 aliphatic rings. The third-order valence-electron chi connectivity index (χ3n) is 6.71. The first kappa shape index (κ1) is 24.6. The summed E-state index contributed by atoms with van der Waals surface area (Å²) in [5, 5.41) is 6.30. The summed E-state index contributed by atoms with van der Waals surface area (Å²) in [7, 11) is 1.71. The first-order valence-electron chi connectivity index (χ1n) is 11.9. The maximum Gasteiger partial charge on any atom is 0.253 e. The van der Waals surface area contributed by atoms with Crippen LogP contribution in [0.25, 0.3) is 0 Å². The molecule has 190 valence electrons. The largest absolute Gasteiger partial charge is 0.350 e. The number of nitrogens with zero attached hydrogens (tertiary/aromatic N) is 3. The molecule has 1 aliphatic heterocycles. The molecule has 1 aromatic carbocycles. The number of pyridine rings is 2. The van der Waals surface area contributed by atoms with E-state index in [4.69, 9.17) is 12.2 Å². The number of likely N-dealkylation sites (tertiary alicyclic amines) is 1. The van der Waals surface area contributed by atoms with Crippen LogP contribution in [0.1, 0.15) is 45.1 Å². The summed E-state index contributed by atoms with van der Waals surface area (Å²) >= 11 is 5.51. The van der Waals surface area contributed by atoms with Gasteiger partial charge in [-0.25, -0.2) is 9.37 Å². The van der Waals surface area contributed by atoms with E-state index in [1.807, 2.05) is 12.1 Å². The van der Waals surface area contributed by atoms with Gasteiger partial charge in [-0.05, 0) is 72.4 Å². The molecule has 2 atom stereocenters.